The molecule has 0 aliphatic heterocycles. The first-order chi connectivity index (χ1) is 10.9. The summed E-state index contributed by atoms with van der Waals surface area (Å²) >= 11 is 6.04. The standard InChI is InChI=1S/C14H17ClN4O3S/c1-3-19(4-2)23(21,22)11-5-6-13(15)12(7-11)14(20)18-10-8-16-17-9-10/h5-9H,3-4H2,1-2H3,(H,16,17)(H,18,20). The highest BCUT2D eigenvalue weighted by molar-refractivity contribution is 7.89. The van der Waals surface area contributed by atoms with Crippen LogP contribution in [0.25, 0.3) is 0 Å². The third kappa shape index (κ3) is 3.72. The second-order valence-electron chi connectivity index (χ2n) is 4.67. The number of carbonyl (C=O) groups is 1. The number of nitrogens with zero attached hydrogens (tertiary/aromatic N) is 2. The van der Waals surface area contributed by atoms with E-state index < -0.39 is 15.9 Å². The summed E-state index contributed by atoms with van der Waals surface area (Å²) in [6, 6.07) is 4.08. The van der Waals surface area contributed by atoms with Gasteiger partial charge in [0, 0.05) is 19.3 Å². The van der Waals surface area contributed by atoms with Gasteiger partial charge in [-0.1, -0.05) is 25.4 Å². The third-order valence-electron chi connectivity index (χ3n) is 3.28. The summed E-state index contributed by atoms with van der Waals surface area (Å²) in [5.74, 6) is -0.506. The molecule has 2 N–H and O–H groups in total. The number of aromatic nitrogens is 2. The first kappa shape index (κ1) is 17.5. The van der Waals surface area contributed by atoms with Crippen molar-refractivity contribution in [1.82, 2.24) is 14.5 Å². The Bertz CT molecular complexity index is 786. The minimum atomic E-state index is -3.66. The maximum atomic E-state index is 12.5. The van der Waals surface area contributed by atoms with Gasteiger partial charge in [-0.2, -0.15) is 9.40 Å². The zero-order valence-corrected chi connectivity index (χ0v) is 14.3. The van der Waals surface area contributed by atoms with Gasteiger partial charge in [-0.05, 0) is 18.2 Å². The minimum Gasteiger partial charge on any atom is -0.319 e. The highest BCUT2D eigenvalue weighted by atomic mass is 35.5. The molecule has 7 nitrogen and oxygen atoms in total. The lowest BCUT2D eigenvalue weighted by atomic mass is 10.2. The van der Waals surface area contributed by atoms with Crippen LogP contribution in [0.3, 0.4) is 0 Å². The molecular weight excluding hydrogens is 340 g/mol. The van der Waals surface area contributed by atoms with Gasteiger partial charge in [0.2, 0.25) is 10.0 Å². The molecule has 0 saturated heterocycles. The van der Waals surface area contributed by atoms with Crippen molar-refractivity contribution < 1.29 is 13.2 Å². The number of carbonyl (C=O) groups excluding carboxylic acids is 1. The van der Waals surface area contributed by atoms with E-state index in [1.54, 1.807) is 13.8 Å². The first-order valence-electron chi connectivity index (χ1n) is 7.00. The van der Waals surface area contributed by atoms with Gasteiger partial charge >= 0.3 is 0 Å². The summed E-state index contributed by atoms with van der Waals surface area (Å²) in [5, 5.41) is 9.05. The Hall–Kier alpha value is -1.90. The summed E-state index contributed by atoms with van der Waals surface area (Å²) in [5.41, 5.74) is 0.546. The Balaban J connectivity index is 2.37. The highest BCUT2D eigenvalue weighted by Crippen LogP contribution is 2.23. The van der Waals surface area contributed by atoms with Gasteiger partial charge in [-0.25, -0.2) is 8.42 Å². The van der Waals surface area contributed by atoms with Crippen LogP contribution in [0.1, 0.15) is 24.2 Å². The van der Waals surface area contributed by atoms with E-state index >= 15 is 0 Å². The van der Waals surface area contributed by atoms with Crippen molar-refractivity contribution in [3.05, 3.63) is 41.2 Å². The van der Waals surface area contributed by atoms with Crippen LogP contribution in [0.15, 0.2) is 35.5 Å². The molecule has 2 rings (SSSR count). The molecule has 0 saturated carbocycles. The van der Waals surface area contributed by atoms with Gasteiger partial charge in [0.1, 0.15) is 0 Å². The molecule has 1 amide bonds. The van der Waals surface area contributed by atoms with E-state index in [1.807, 2.05) is 0 Å². The van der Waals surface area contributed by atoms with E-state index in [9.17, 15) is 13.2 Å². The number of hydrogen-bond donors (Lipinski definition) is 2. The quantitative estimate of drug-likeness (QED) is 0.830. The molecule has 0 fully saturated rings. The molecule has 23 heavy (non-hydrogen) atoms. The molecule has 0 unspecified atom stereocenters. The summed E-state index contributed by atoms with van der Waals surface area (Å²) < 4.78 is 26.4. The van der Waals surface area contributed by atoms with E-state index in [4.69, 9.17) is 11.6 Å². The van der Waals surface area contributed by atoms with E-state index in [0.29, 0.717) is 18.8 Å². The molecule has 0 spiro atoms. The minimum absolute atomic E-state index is 0.0305. The molecule has 0 bridgehead atoms. The molecule has 0 atom stereocenters. The topological polar surface area (TPSA) is 95.2 Å². The lowest BCUT2D eigenvalue weighted by Gasteiger charge is -2.19. The lowest BCUT2D eigenvalue weighted by Crippen LogP contribution is -2.30. The maximum absolute atomic E-state index is 12.5. The normalized spacial score (nSPS) is 11.7. The van der Waals surface area contributed by atoms with Gasteiger partial charge in [0.25, 0.3) is 5.91 Å². The number of halogens is 1. The predicted molar refractivity (Wildman–Crippen MR) is 88.1 cm³/mol. The summed E-state index contributed by atoms with van der Waals surface area (Å²) in [4.78, 5) is 12.3. The Morgan fingerprint density at radius 2 is 2.04 bits per heavy atom. The number of hydrogen-bond acceptors (Lipinski definition) is 4. The molecular formula is C14H17ClN4O3S. The summed E-state index contributed by atoms with van der Waals surface area (Å²) in [6.45, 7) is 4.20. The van der Waals surface area contributed by atoms with Crippen LogP contribution < -0.4 is 5.32 Å². The number of aromatic amines is 1. The highest BCUT2D eigenvalue weighted by Gasteiger charge is 2.23. The van der Waals surface area contributed by atoms with E-state index in [2.05, 4.69) is 15.5 Å². The van der Waals surface area contributed by atoms with Crippen LogP contribution in [0.2, 0.25) is 5.02 Å². The van der Waals surface area contributed by atoms with Crippen molar-refractivity contribution >= 4 is 33.2 Å². The van der Waals surface area contributed by atoms with Crippen LogP contribution in [0.4, 0.5) is 5.69 Å². The summed E-state index contributed by atoms with van der Waals surface area (Å²) in [7, 11) is -3.66. The van der Waals surface area contributed by atoms with Crippen LogP contribution >= 0.6 is 11.6 Å². The SMILES string of the molecule is CCN(CC)S(=O)(=O)c1ccc(Cl)c(C(=O)Nc2cn[nH]c2)c1. The molecule has 1 aromatic heterocycles. The second kappa shape index (κ2) is 7.12. The number of nitrogens with one attached hydrogen (secondary N) is 2. The zero-order valence-electron chi connectivity index (χ0n) is 12.7. The van der Waals surface area contributed by atoms with E-state index in [1.165, 1.54) is 34.9 Å². The number of rotatable bonds is 6. The third-order valence-corrected chi connectivity index (χ3v) is 5.66. The fraction of sp³-hybridized carbons (Fsp3) is 0.286. The molecule has 0 aliphatic carbocycles. The zero-order chi connectivity index (χ0) is 17.0. The fourth-order valence-electron chi connectivity index (χ4n) is 2.07. The number of H-pyrrole nitrogens is 1. The van der Waals surface area contributed by atoms with E-state index in [-0.39, 0.29) is 15.5 Å². The molecule has 1 heterocycles. The average molecular weight is 357 g/mol. The molecule has 124 valence electrons. The van der Waals surface area contributed by atoms with Crippen LogP contribution in [0, 0.1) is 0 Å². The lowest BCUT2D eigenvalue weighted by molar-refractivity contribution is 0.102. The van der Waals surface area contributed by atoms with Crippen molar-refractivity contribution in [2.75, 3.05) is 18.4 Å². The number of sulfonamides is 1. The van der Waals surface area contributed by atoms with Gasteiger partial charge in [0.15, 0.2) is 0 Å². The Morgan fingerprint density at radius 3 is 2.61 bits per heavy atom. The monoisotopic (exact) mass is 356 g/mol. The van der Waals surface area contributed by atoms with Gasteiger partial charge in [-0.15, -0.1) is 0 Å². The van der Waals surface area contributed by atoms with Crippen molar-refractivity contribution in [3.8, 4) is 0 Å². The van der Waals surface area contributed by atoms with Crippen LogP contribution in [-0.4, -0.2) is 41.9 Å². The van der Waals surface area contributed by atoms with Crippen molar-refractivity contribution in [2.45, 2.75) is 18.7 Å². The number of amides is 1. The van der Waals surface area contributed by atoms with Crippen molar-refractivity contribution in [3.63, 3.8) is 0 Å². The fourth-order valence-corrected chi connectivity index (χ4v) is 3.76. The maximum Gasteiger partial charge on any atom is 0.257 e. The average Bonchev–Trinajstić information content (AvgIpc) is 3.01. The molecule has 9 heteroatoms. The van der Waals surface area contributed by atoms with Crippen molar-refractivity contribution in [1.29, 1.82) is 0 Å². The Labute approximate surface area is 139 Å². The molecule has 1 aromatic carbocycles. The van der Waals surface area contributed by atoms with Gasteiger partial charge < -0.3 is 5.32 Å². The predicted octanol–water partition coefficient (Wildman–Crippen LogP) is 2.35. The Morgan fingerprint density at radius 1 is 1.35 bits per heavy atom. The van der Waals surface area contributed by atoms with Crippen LogP contribution in [-0.2, 0) is 10.0 Å². The van der Waals surface area contributed by atoms with Gasteiger partial charge in [0.05, 0.1) is 27.4 Å². The smallest absolute Gasteiger partial charge is 0.257 e. The summed E-state index contributed by atoms with van der Waals surface area (Å²) in [6.07, 6.45) is 2.94. The molecule has 0 aliphatic rings. The molecule has 2 aromatic rings. The first-order valence-corrected chi connectivity index (χ1v) is 8.81. The van der Waals surface area contributed by atoms with Crippen molar-refractivity contribution in [2.24, 2.45) is 0 Å². The van der Waals surface area contributed by atoms with E-state index in [0.717, 1.165) is 0 Å². The molecule has 0 radical (unpaired) electrons. The van der Waals surface area contributed by atoms with Crippen LogP contribution in [0.5, 0.6) is 0 Å². The second-order valence-corrected chi connectivity index (χ2v) is 7.02. The number of benzene rings is 1. The number of anilines is 1. The van der Waals surface area contributed by atoms with Gasteiger partial charge in [-0.3, -0.25) is 9.89 Å². The largest absolute Gasteiger partial charge is 0.319 e. The Kier molecular flexibility index (Phi) is 5.40.